The lowest BCUT2D eigenvalue weighted by atomic mass is 10.1. The molecule has 3 N–H and O–H groups in total. The minimum absolute atomic E-state index is 0.175. The van der Waals surface area contributed by atoms with Crippen molar-refractivity contribution in [2.45, 2.75) is 45.2 Å². The molecule has 0 aromatic rings. The number of rotatable bonds is 6. The van der Waals surface area contributed by atoms with Crippen molar-refractivity contribution in [1.82, 2.24) is 4.90 Å². The molecule has 2 atom stereocenters. The van der Waals surface area contributed by atoms with Crippen molar-refractivity contribution in [2.75, 3.05) is 7.05 Å². The van der Waals surface area contributed by atoms with E-state index < -0.39 is 12.0 Å². The van der Waals surface area contributed by atoms with Gasteiger partial charge in [-0.1, -0.05) is 13.3 Å². The molecule has 0 aliphatic carbocycles. The van der Waals surface area contributed by atoms with Crippen LogP contribution < -0.4 is 5.73 Å². The van der Waals surface area contributed by atoms with Crippen molar-refractivity contribution in [1.29, 1.82) is 0 Å². The van der Waals surface area contributed by atoms with E-state index in [2.05, 4.69) is 0 Å². The summed E-state index contributed by atoms with van der Waals surface area (Å²) in [6.45, 7) is 3.47. The van der Waals surface area contributed by atoms with Crippen molar-refractivity contribution in [2.24, 2.45) is 5.73 Å². The average molecular weight is 216 g/mol. The molecule has 0 heterocycles. The van der Waals surface area contributed by atoms with Crippen molar-refractivity contribution in [3.63, 3.8) is 0 Å². The lowest BCUT2D eigenvalue weighted by Crippen LogP contribution is -2.42. The highest BCUT2D eigenvalue weighted by molar-refractivity contribution is 5.83. The summed E-state index contributed by atoms with van der Waals surface area (Å²) in [6, 6.07) is -0.975. The first-order valence-corrected chi connectivity index (χ1v) is 5.14. The lowest BCUT2D eigenvalue weighted by molar-refractivity contribution is -0.148. The van der Waals surface area contributed by atoms with Gasteiger partial charge in [0.25, 0.3) is 0 Å². The quantitative estimate of drug-likeness (QED) is 0.674. The van der Waals surface area contributed by atoms with Crippen LogP contribution in [0.5, 0.6) is 0 Å². The van der Waals surface area contributed by atoms with E-state index in [1.807, 2.05) is 6.92 Å². The normalized spacial score (nSPS) is 14.4. The van der Waals surface area contributed by atoms with Gasteiger partial charge in [-0.3, -0.25) is 4.79 Å². The van der Waals surface area contributed by atoms with Crippen LogP contribution in [0.2, 0.25) is 0 Å². The Morgan fingerprint density at radius 3 is 2.40 bits per heavy atom. The van der Waals surface area contributed by atoms with E-state index >= 15 is 0 Å². The van der Waals surface area contributed by atoms with Crippen molar-refractivity contribution < 1.29 is 14.7 Å². The van der Waals surface area contributed by atoms with Crippen LogP contribution in [0.3, 0.4) is 0 Å². The Labute approximate surface area is 90.2 Å². The Morgan fingerprint density at radius 1 is 1.47 bits per heavy atom. The molecular formula is C10H20N2O3. The van der Waals surface area contributed by atoms with Gasteiger partial charge >= 0.3 is 5.97 Å². The van der Waals surface area contributed by atoms with E-state index in [0.717, 1.165) is 12.8 Å². The summed E-state index contributed by atoms with van der Waals surface area (Å²) in [4.78, 5) is 23.4. The van der Waals surface area contributed by atoms with Crippen LogP contribution in [-0.2, 0) is 9.59 Å². The number of nitrogens with two attached hydrogens (primary N) is 1. The number of hydrogen-bond acceptors (Lipinski definition) is 3. The molecule has 0 spiro atoms. The topological polar surface area (TPSA) is 83.6 Å². The van der Waals surface area contributed by atoms with Crippen LogP contribution in [0.15, 0.2) is 0 Å². The maximum atomic E-state index is 11.6. The third kappa shape index (κ3) is 4.78. The van der Waals surface area contributed by atoms with E-state index in [0.29, 0.717) is 0 Å². The number of aliphatic carboxylic acids is 1. The van der Waals surface area contributed by atoms with Gasteiger partial charge in [-0.25, -0.2) is 4.79 Å². The molecule has 0 fully saturated rings. The van der Waals surface area contributed by atoms with Crippen molar-refractivity contribution in [3.8, 4) is 0 Å². The van der Waals surface area contributed by atoms with Crippen LogP contribution in [0.4, 0.5) is 0 Å². The molecule has 2 unspecified atom stereocenters. The van der Waals surface area contributed by atoms with E-state index in [4.69, 9.17) is 10.8 Å². The zero-order valence-electron chi connectivity index (χ0n) is 9.56. The SMILES string of the molecule is CCCC(N)CC(=O)N(C)C(C)C(=O)O. The third-order valence-electron chi connectivity index (χ3n) is 2.43. The number of carbonyl (C=O) groups is 2. The summed E-state index contributed by atoms with van der Waals surface area (Å²) in [7, 11) is 1.49. The zero-order chi connectivity index (χ0) is 12.0. The van der Waals surface area contributed by atoms with Gasteiger partial charge < -0.3 is 15.7 Å². The van der Waals surface area contributed by atoms with Crippen LogP contribution in [0.25, 0.3) is 0 Å². The van der Waals surface area contributed by atoms with Gasteiger partial charge in [0, 0.05) is 19.5 Å². The molecule has 1 amide bonds. The van der Waals surface area contributed by atoms with Gasteiger partial charge in [0.15, 0.2) is 0 Å². The lowest BCUT2D eigenvalue weighted by Gasteiger charge is -2.23. The Bertz CT molecular complexity index is 231. The summed E-state index contributed by atoms with van der Waals surface area (Å²) in [5.74, 6) is -1.22. The third-order valence-corrected chi connectivity index (χ3v) is 2.43. The summed E-state index contributed by atoms with van der Waals surface area (Å²) in [6.07, 6.45) is 1.91. The van der Waals surface area contributed by atoms with Gasteiger partial charge in [-0.2, -0.15) is 0 Å². The predicted octanol–water partition coefficient (Wildman–Crippen LogP) is 0.435. The predicted molar refractivity (Wildman–Crippen MR) is 57.4 cm³/mol. The molecule has 0 saturated carbocycles. The number of carbonyl (C=O) groups excluding carboxylic acids is 1. The molecule has 0 aliphatic heterocycles. The fourth-order valence-corrected chi connectivity index (χ4v) is 1.22. The second-order valence-electron chi connectivity index (χ2n) is 3.77. The van der Waals surface area contributed by atoms with Crippen LogP contribution in [0, 0.1) is 0 Å². The van der Waals surface area contributed by atoms with Crippen LogP contribution in [-0.4, -0.2) is 41.0 Å². The van der Waals surface area contributed by atoms with Crippen LogP contribution >= 0.6 is 0 Å². The highest BCUT2D eigenvalue weighted by atomic mass is 16.4. The summed E-state index contributed by atoms with van der Waals surface area (Å²) < 4.78 is 0. The molecule has 0 aromatic carbocycles. The molecule has 88 valence electrons. The summed E-state index contributed by atoms with van der Waals surface area (Å²) in [5.41, 5.74) is 5.70. The number of hydrogen-bond donors (Lipinski definition) is 2. The van der Waals surface area contributed by atoms with Crippen molar-refractivity contribution in [3.05, 3.63) is 0 Å². The Hall–Kier alpha value is -1.10. The molecule has 0 aliphatic rings. The Kier molecular flexibility index (Phi) is 5.93. The Balaban J connectivity index is 4.15. The minimum Gasteiger partial charge on any atom is -0.480 e. The first-order valence-electron chi connectivity index (χ1n) is 5.14. The van der Waals surface area contributed by atoms with E-state index in [1.54, 1.807) is 0 Å². The fraction of sp³-hybridized carbons (Fsp3) is 0.800. The number of amides is 1. The number of nitrogens with zero attached hydrogens (tertiary/aromatic N) is 1. The fourth-order valence-electron chi connectivity index (χ4n) is 1.22. The van der Waals surface area contributed by atoms with Gasteiger partial charge in [0.2, 0.25) is 5.91 Å². The van der Waals surface area contributed by atoms with E-state index in [9.17, 15) is 9.59 Å². The molecule has 5 nitrogen and oxygen atoms in total. The molecule has 0 rings (SSSR count). The van der Waals surface area contributed by atoms with Gasteiger partial charge in [-0.15, -0.1) is 0 Å². The second kappa shape index (κ2) is 6.40. The second-order valence-corrected chi connectivity index (χ2v) is 3.77. The molecule has 0 radical (unpaired) electrons. The minimum atomic E-state index is -1.00. The molecule has 5 heteroatoms. The molecule has 0 aromatic heterocycles. The average Bonchev–Trinajstić information content (AvgIpc) is 2.15. The molecule has 0 saturated heterocycles. The monoisotopic (exact) mass is 216 g/mol. The first kappa shape index (κ1) is 13.9. The number of likely N-dealkylation sites (N-methyl/N-ethyl adjacent to an activating group) is 1. The Morgan fingerprint density at radius 2 is 2.00 bits per heavy atom. The largest absolute Gasteiger partial charge is 0.480 e. The summed E-state index contributed by atoms with van der Waals surface area (Å²) in [5, 5.41) is 8.71. The summed E-state index contributed by atoms with van der Waals surface area (Å²) >= 11 is 0. The number of carboxylic acids is 1. The standard InChI is InChI=1S/C10H20N2O3/c1-4-5-8(11)6-9(13)12(3)7(2)10(14)15/h7-8H,4-6,11H2,1-3H3,(H,14,15). The van der Waals surface area contributed by atoms with Gasteiger partial charge in [0.1, 0.15) is 6.04 Å². The zero-order valence-corrected chi connectivity index (χ0v) is 9.56. The highest BCUT2D eigenvalue weighted by Crippen LogP contribution is 2.04. The van der Waals surface area contributed by atoms with E-state index in [1.165, 1.54) is 18.9 Å². The van der Waals surface area contributed by atoms with Crippen LogP contribution in [0.1, 0.15) is 33.1 Å². The molecule has 0 bridgehead atoms. The van der Waals surface area contributed by atoms with Gasteiger partial charge in [-0.05, 0) is 13.3 Å². The van der Waals surface area contributed by atoms with E-state index in [-0.39, 0.29) is 18.4 Å². The molecule has 15 heavy (non-hydrogen) atoms. The smallest absolute Gasteiger partial charge is 0.326 e. The van der Waals surface area contributed by atoms with Gasteiger partial charge in [0.05, 0.1) is 0 Å². The first-order chi connectivity index (χ1) is 6.90. The highest BCUT2D eigenvalue weighted by Gasteiger charge is 2.22. The van der Waals surface area contributed by atoms with Crippen molar-refractivity contribution >= 4 is 11.9 Å². The number of carboxylic acid groups (broad SMARTS) is 1. The maximum Gasteiger partial charge on any atom is 0.326 e. The molecular weight excluding hydrogens is 196 g/mol. The maximum absolute atomic E-state index is 11.6.